The topological polar surface area (TPSA) is 64.7 Å². The lowest BCUT2D eigenvalue weighted by atomic mass is 10.0. The van der Waals surface area contributed by atoms with Gasteiger partial charge in [-0.05, 0) is 59.0 Å². The fourth-order valence-electron chi connectivity index (χ4n) is 6.64. The number of aromatic nitrogens is 4. The molecule has 0 fully saturated rings. The van der Waals surface area contributed by atoms with Crippen molar-refractivity contribution < 1.29 is 4.42 Å². The van der Waals surface area contributed by atoms with Crippen LogP contribution in [0.4, 0.5) is 0 Å². The molecule has 4 heterocycles. The first kappa shape index (κ1) is 26.9. The summed E-state index contributed by atoms with van der Waals surface area (Å²) in [4.78, 5) is 19.9. The molecule has 6 heteroatoms. The highest BCUT2D eigenvalue weighted by molar-refractivity contribution is 7.26. The molecule has 0 aliphatic rings. The Balaban J connectivity index is 1.16. The maximum Gasteiger partial charge on any atom is 0.165 e. The van der Waals surface area contributed by atoms with Crippen molar-refractivity contribution in [2.75, 3.05) is 0 Å². The first-order valence-electron chi connectivity index (χ1n) is 15.8. The van der Waals surface area contributed by atoms with E-state index in [2.05, 4.69) is 126 Å². The van der Waals surface area contributed by atoms with E-state index >= 15 is 0 Å². The summed E-state index contributed by atoms with van der Waals surface area (Å²) in [7, 11) is 0. The Morgan fingerprint density at radius 3 is 2.08 bits per heavy atom. The van der Waals surface area contributed by atoms with Gasteiger partial charge in [-0.2, -0.15) is 0 Å². The van der Waals surface area contributed by atoms with Crippen molar-refractivity contribution in [3.05, 3.63) is 146 Å². The monoisotopic (exact) mass is 632 g/mol. The molecule has 4 aromatic heterocycles. The van der Waals surface area contributed by atoms with Crippen molar-refractivity contribution in [1.29, 1.82) is 0 Å². The fourth-order valence-corrected chi connectivity index (χ4v) is 7.85. The van der Waals surface area contributed by atoms with Crippen LogP contribution in [0.15, 0.2) is 150 Å². The molecular formula is C42H24N4OS. The van der Waals surface area contributed by atoms with Gasteiger partial charge in [0.2, 0.25) is 0 Å². The molecule has 48 heavy (non-hydrogen) atoms. The number of pyridine rings is 1. The summed E-state index contributed by atoms with van der Waals surface area (Å²) in [5.74, 6) is 1.90. The summed E-state index contributed by atoms with van der Waals surface area (Å²) in [6, 6.07) is 48.1. The highest BCUT2D eigenvalue weighted by atomic mass is 32.1. The van der Waals surface area contributed by atoms with E-state index in [1.165, 1.54) is 25.7 Å². The van der Waals surface area contributed by atoms with Gasteiger partial charge in [-0.3, -0.25) is 4.98 Å². The van der Waals surface area contributed by atoms with Crippen molar-refractivity contribution in [3.63, 3.8) is 0 Å². The Morgan fingerprint density at radius 2 is 1.19 bits per heavy atom. The molecule has 0 unspecified atom stereocenters. The summed E-state index contributed by atoms with van der Waals surface area (Å²) in [6.45, 7) is 0. The highest BCUT2D eigenvalue weighted by Gasteiger charge is 2.18. The smallest absolute Gasteiger partial charge is 0.165 e. The number of nitrogens with zero attached hydrogens (tertiary/aromatic N) is 4. The molecule has 10 rings (SSSR count). The van der Waals surface area contributed by atoms with Crippen molar-refractivity contribution in [1.82, 2.24) is 19.9 Å². The Kier molecular flexibility index (Phi) is 5.98. The highest BCUT2D eigenvalue weighted by Crippen LogP contribution is 2.40. The second-order valence-corrected chi connectivity index (χ2v) is 12.9. The van der Waals surface area contributed by atoms with Crippen LogP contribution in [-0.4, -0.2) is 19.9 Å². The molecule has 0 amide bonds. The van der Waals surface area contributed by atoms with Crippen LogP contribution in [0.3, 0.4) is 0 Å². The van der Waals surface area contributed by atoms with Crippen LogP contribution in [0.1, 0.15) is 0 Å². The SMILES string of the molecule is c1ccc(-c2ccc(-c3nc(-c4ccc5c(ccc6c7ncccc7oc56)c4)nc(-c4cccc5c4sc4ccccc45)n3)cc2)cc1. The average Bonchev–Trinajstić information content (AvgIpc) is 3.74. The van der Waals surface area contributed by atoms with Crippen molar-refractivity contribution in [3.8, 4) is 45.3 Å². The summed E-state index contributed by atoms with van der Waals surface area (Å²) in [6.07, 6.45) is 1.80. The zero-order valence-corrected chi connectivity index (χ0v) is 26.3. The number of benzene rings is 6. The molecule has 0 aliphatic carbocycles. The van der Waals surface area contributed by atoms with Crippen molar-refractivity contribution in [2.45, 2.75) is 0 Å². The minimum atomic E-state index is 0.619. The molecule has 0 atom stereocenters. The van der Waals surface area contributed by atoms with Gasteiger partial charge in [-0.15, -0.1) is 11.3 Å². The lowest BCUT2D eigenvalue weighted by molar-refractivity contribution is 0.672. The van der Waals surface area contributed by atoms with Gasteiger partial charge in [0.1, 0.15) is 11.1 Å². The molecule has 0 bridgehead atoms. The summed E-state index contributed by atoms with van der Waals surface area (Å²) in [5, 5.41) is 5.52. The van der Waals surface area contributed by atoms with Gasteiger partial charge in [-0.25, -0.2) is 15.0 Å². The average molecular weight is 633 g/mol. The van der Waals surface area contributed by atoms with Gasteiger partial charge in [0.05, 0.1) is 0 Å². The number of thiophene rings is 1. The molecule has 5 nitrogen and oxygen atoms in total. The third kappa shape index (κ3) is 4.31. The maximum absolute atomic E-state index is 6.27. The predicted octanol–water partition coefficient (Wildman–Crippen LogP) is 11.4. The quantitative estimate of drug-likeness (QED) is 0.193. The van der Waals surface area contributed by atoms with Gasteiger partial charge < -0.3 is 4.42 Å². The lowest BCUT2D eigenvalue weighted by Crippen LogP contribution is -2.00. The zero-order chi connectivity index (χ0) is 31.6. The standard InChI is InChI=1S/C42H24N4OS/c1-2-8-25(9-3-1)26-15-17-27(18-16-26)40-44-41(46-42(45-40)34-12-6-11-32-31-10-4-5-14-36(31)48-39(32)34)29-20-21-30-28(24-29)19-22-33-37-35(47-38(30)33)13-7-23-43-37/h1-24H. The van der Waals surface area contributed by atoms with Crippen LogP contribution in [0.2, 0.25) is 0 Å². The molecular weight excluding hydrogens is 609 g/mol. The van der Waals surface area contributed by atoms with E-state index in [0.717, 1.165) is 55.1 Å². The van der Waals surface area contributed by atoms with Gasteiger partial charge in [-0.1, -0.05) is 97.1 Å². The van der Waals surface area contributed by atoms with Gasteiger partial charge in [0, 0.05) is 53.8 Å². The molecule has 0 aliphatic heterocycles. The van der Waals surface area contributed by atoms with Crippen LogP contribution in [-0.2, 0) is 0 Å². The largest absolute Gasteiger partial charge is 0.454 e. The maximum atomic E-state index is 6.27. The van der Waals surface area contributed by atoms with Gasteiger partial charge in [0.25, 0.3) is 0 Å². The van der Waals surface area contributed by atoms with Gasteiger partial charge in [0.15, 0.2) is 23.1 Å². The Hall–Kier alpha value is -6.24. The van der Waals surface area contributed by atoms with E-state index in [1.807, 2.05) is 18.2 Å². The summed E-state index contributed by atoms with van der Waals surface area (Å²) >= 11 is 1.77. The number of rotatable bonds is 4. The first-order chi connectivity index (χ1) is 23.8. The molecule has 6 aromatic carbocycles. The van der Waals surface area contributed by atoms with E-state index in [1.54, 1.807) is 17.5 Å². The molecule has 0 saturated carbocycles. The van der Waals surface area contributed by atoms with E-state index in [-0.39, 0.29) is 0 Å². The molecule has 0 spiro atoms. The van der Waals surface area contributed by atoms with Crippen LogP contribution in [0.25, 0.3) is 98.3 Å². The van der Waals surface area contributed by atoms with Crippen molar-refractivity contribution >= 4 is 64.4 Å². The summed E-state index contributed by atoms with van der Waals surface area (Å²) in [5.41, 5.74) is 7.64. The Morgan fingerprint density at radius 1 is 0.479 bits per heavy atom. The van der Waals surface area contributed by atoms with Crippen LogP contribution in [0, 0.1) is 0 Å². The van der Waals surface area contributed by atoms with Gasteiger partial charge >= 0.3 is 0 Å². The zero-order valence-electron chi connectivity index (χ0n) is 25.5. The third-order valence-corrected chi connectivity index (χ3v) is 10.2. The van der Waals surface area contributed by atoms with Crippen LogP contribution in [0.5, 0.6) is 0 Å². The Bertz CT molecular complexity index is 2840. The van der Waals surface area contributed by atoms with Crippen LogP contribution < -0.4 is 0 Å². The minimum absolute atomic E-state index is 0.619. The van der Waals surface area contributed by atoms with E-state index < -0.39 is 0 Å². The Labute approximate surface area is 278 Å². The second kappa shape index (κ2) is 10.7. The predicted molar refractivity (Wildman–Crippen MR) is 197 cm³/mol. The molecule has 224 valence electrons. The number of hydrogen-bond donors (Lipinski definition) is 0. The lowest BCUT2D eigenvalue weighted by Gasteiger charge is -2.10. The third-order valence-electron chi connectivity index (χ3n) is 9.00. The van der Waals surface area contributed by atoms with E-state index in [9.17, 15) is 0 Å². The minimum Gasteiger partial charge on any atom is -0.454 e. The number of fused-ring (bicyclic) bond motifs is 8. The second-order valence-electron chi connectivity index (χ2n) is 11.9. The molecule has 0 radical (unpaired) electrons. The number of furan rings is 1. The summed E-state index contributed by atoms with van der Waals surface area (Å²) < 4.78 is 8.68. The fraction of sp³-hybridized carbons (Fsp3) is 0. The van der Waals surface area contributed by atoms with E-state index in [0.29, 0.717) is 17.5 Å². The normalized spacial score (nSPS) is 11.8. The van der Waals surface area contributed by atoms with Crippen LogP contribution >= 0.6 is 11.3 Å². The van der Waals surface area contributed by atoms with Crippen molar-refractivity contribution in [2.24, 2.45) is 0 Å². The molecule has 0 saturated heterocycles. The van der Waals surface area contributed by atoms with E-state index in [4.69, 9.17) is 19.4 Å². The molecule has 0 N–H and O–H groups in total. The molecule has 10 aromatic rings. The first-order valence-corrected chi connectivity index (χ1v) is 16.6. The number of hydrogen-bond acceptors (Lipinski definition) is 6.